The van der Waals surface area contributed by atoms with Crippen LogP contribution in [0.1, 0.15) is 25.7 Å². The molecule has 6 nitrogen and oxygen atoms in total. The lowest BCUT2D eigenvalue weighted by atomic mass is 10.1. The lowest BCUT2D eigenvalue weighted by Gasteiger charge is -2.32. The van der Waals surface area contributed by atoms with Gasteiger partial charge in [0, 0.05) is 25.6 Å². The number of hydrogen-bond donors (Lipinski definition) is 1. The molecule has 0 spiro atoms. The molecule has 1 N–H and O–H groups in total. The number of ether oxygens (including phenoxy) is 1. The van der Waals surface area contributed by atoms with Crippen LogP contribution in [0.25, 0.3) is 0 Å². The molecule has 1 amide bonds. The van der Waals surface area contributed by atoms with Gasteiger partial charge < -0.3 is 9.64 Å². The normalized spacial score (nSPS) is 15.1. The van der Waals surface area contributed by atoms with Crippen molar-refractivity contribution < 1.29 is 22.3 Å². The summed E-state index contributed by atoms with van der Waals surface area (Å²) >= 11 is 12.0. The zero-order chi connectivity index (χ0) is 22.4. The Kier molecular flexibility index (Phi) is 8.16. The van der Waals surface area contributed by atoms with Crippen LogP contribution in [0.4, 0.5) is 4.39 Å². The third kappa shape index (κ3) is 6.55. The maximum atomic E-state index is 13.0. The Balaban J connectivity index is 1.40. The molecule has 1 saturated heterocycles. The topological polar surface area (TPSA) is 75.7 Å². The molecule has 1 aliphatic rings. The molecule has 10 heteroatoms. The molecule has 0 unspecified atom stereocenters. The third-order valence-electron chi connectivity index (χ3n) is 5.00. The SMILES string of the molecule is O=C(CCCOc1cccc(Cl)c1Cl)N1CCC(NS(=O)(=O)c2ccc(F)cc2)CC1. The summed E-state index contributed by atoms with van der Waals surface area (Å²) in [7, 11) is -3.72. The molecule has 0 bridgehead atoms. The number of carbonyl (C=O) groups excluding carboxylic acids is 1. The average Bonchev–Trinajstić information content (AvgIpc) is 2.74. The van der Waals surface area contributed by atoms with Crippen LogP contribution in [0.3, 0.4) is 0 Å². The van der Waals surface area contributed by atoms with Gasteiger partial charge in [0.1, 0.15) is 16.6 Å². The Bertz CT molecular complexity index is 1010. The minimum atomic E-state index is -3.72. The van der Waals surface area contributed by atoms with Gasteiger partial charge in [-0.1, -0.05) is 29.3 Å². The molecule has 168 valence electrons. The van der Waals surface area contributed by atoms with E-state index in [1.807, 2.05) is 0 Å². The van der Waals surface area contributed by atoms with Crippen LogP contribution in [-0.2, 0) is 14.8 Å². The van der Waals surface area contributed by atoms with Crippen LogP contribution in [0, 0.1) is 5.82 Å². The molecule has 1 heterocycles. The minimum absolute atomic E-state index is 0.000586. The van der Waals surface area contributed by atoms with Gasteiger partial charge in [-0.05, 0) is 55.7 Å². The molecular weight excluding hydrogens is 466 g/mol. The number of nitrogens with zero attached hydrogens (tertiary/aromatic N) is 1. The summed E-state index contributed by atoms with van der Waals surface area (Å²) < 4.78 is 46.1. The van der Waals surface area contributed by atoms with Gasteiger partial charge in [0.15, 0.2) is 0 Å². The van der Waals surface area contributed by atoms with E-state index in [1.54, 1.807) is 23.1 Å². The van der Waals surface area contributed by atoms with Crippen molar-refractivity contribution in [1.29, 1.82) is 0 Å². The molecule has 31 heavy (non-hydrogen) atoms. The Labute approximate surface area is 191 Å². The smallest absolute Gasteiger partial charge is 0.240 e. The number of halogens is 3. The fourth-order valence-electron chi connectivity index (χ4n) is 3.31. The number of benzene rings is 2. The van der Waals surface area contributed by atoms with E-state index in [9.17, 15) is 17.6 Å². The van der Waals surface area contributed by atoms with Crippen molar-refractivity contribution in [2.45, 2.75) is 36.6 Å². The number of rotatable bonds is 8. The maximum absolute atomic E-state index is 13.0. The number of sulfonamides is 1. The van der Waals surface area contributed by atoms with Gasteiger partial charge in [0.05, 0.1) is 16.5 Å². The Morgan fingerprint density at radius 1 is 1.13 bits per heavy atom. The second kappa shape index (κ2) is 10.6. The molecule has 2 aromatic carbocycles. The number of piperidine rings is 1. The van der Waals surface area contributed by atoms with Crippen LogP contribution in [-0.4, -0.2) is 45.0 Å². The monoisotopic (exact) mass is 488 g/mol. The summed E-state index contributed by atoms with van der Waals surface area (Å²) in [6.07, 6.45) is 1.88. The second-order valence-corrected chi connectivity index (χ2v) is 9.73. The Morgan fingerprint density at radius 2 is 1.81 bits per heavy atom. The molecule has 1 aliphatic heterocycles. The molecule has 1 fully saturated rings. The third-order valence-corrected chi connectivity index (χ3v) is 7.34. The van der Waals surface area contributed by atoms with Crippen LogP contribution >= 0.6 is 23.2 Å². The standard InChI is InChI=1S/C21H23Cl2FN2O4S/c22-18-3-1-4-19(21(18)23)30-14-2-5-20(27)26-12-10-16(11-13-26)25-31(28,29)17-8-6-15(24)7-9-17/h1,3-4,6-9,16,25H,2,5,10-14H2. The van der Waals surface area contributed by atoms with Gasteiger partial charge in [-0.25, -0.2) is 17.5 Å². The zero-order valence-corrected chi connectivity index (χ0v) is 19.0. The fourth-order valence-corrected chi connectivity index (χ4v) is 4.96. The Morgan fingerprint density at radius 3 is 2.48 bits per heavy atom. The van der Waals surface area contributed by atoms with Crippen molar-refractivity contribution in [3.05, 3.63) is 58.3 Å². The van der Waals surface area contributed by atoms with E-state index < -0.39 is 15.8 Å². The predicted octanol–water partition coefficient (Wildman–Crippen LogP) is 4.26. The molecule has 0 saturated carbocycles. The van der Waals surface area contributed by atoms with E-state index in [0.717, 1.165) is 12.1 Å². The largest absolute Gasteiger partial charge is 0.492 e. The van der Waals surface area contributed by atoms with E-state index >= 15 is 0 Å². The molecule has 3 rings (SSSR count). The van der Waals surface area contributed by atoms with Crippen molar-refractivity contribution in [2.24, 2.45) is 0 Å². The number of amides is 1. The van der Waals surface area contributed by atoms with Crippen molar-refractivity contribution in [3.8, 4) is 5.75 Å². The van der Waals surface area contributed by atoms with Crippen LogP contribution in [0.5, 0.6) is 5.75 Å². The molecular formula is C21H23Cl2FN2O4S. The van der Waals surface area contributed by atoms with Crippen LogP contribution < -0.4 is 9.46 Å². The van der Waals surface area contributed by atoms with Gasteiger partial charge in [-0.3, -0.25) is 4.79 Å². The van der Waals surface area contributed by atoms with E-state index in [1.165, 1.54) is 12.1 Å². The quantitative estimate of drug-likeness (QED) is 0.563. The number of nitrogens with one attached hydrogen (secondary N) is 1. The summed E-state index contributed by atoms with van der Waals surface area (Å²) in [5, 5.41) is 0.758. The number of hydrogen-bond acceptors (Lipinski definition) is 4. The summed E-state index contributed by atoms with van der Waals surface area (Å²) in [5.41, 5.74) is 0. The van der Waals surface area contributed by atoms with E-state index in [-0.39, 0.29) is 16.8 Å². The summed E-state index contributed by atoms with van der Waals surface area (Å²) in [5.74, 6) is -0.0108. The van der Waals surface area contributed by atoms with Gasteiger partial charge in [0.2, 0.25) is 15.9 Å². The molecule has 0 aliphatic carbocycles. The average molecular weight is 489 g/mol. The number of likely N-dealkylation sites (tertiary alicyclic amines) is 1. The lowest BCUT2D eigenvalue weighted by molar-refractivity contribution is -0.132. The lowest BCUT2D eigenvalue weighted by Crippen LogP contribution is -2.46. The van der Waals surface area contributed by atoms with Gasteiger partial charge >= 0.3 is 0 Å². The first-order valence-corrected chi connectivity index (χ1v) is 12.1. The summed E-state index contributed by atoms with van der Waals surface area (Å²) in [6, 6.07) is 9.54. The highest BCUT2D eigenvalue weighted by molar-refractivity contribution is 7.89. The minimum Gasteiger partial charge on any atom is -0.492 e. The van der Waals surface area contributed by atoms with Crippen LogP contribution in [0.15, 0.2) is 47.4 Å². The predicted molar refractivity (Wildman–Crippen MR) is 118 cm³/mol. The van der Waals surface area contributed by atoms with Crippen molar-refractivity contribution >= 4 is 39.1 Å². The molecule has 0 atom stereocenters. The maximum Gasteiger partial charge on any atom is 0.240 e. The zero-order valence-electron chi connectivity index (χ0n) is 16.7. The first-order chi connectivity index (χ1) is 14.8. The second-order valence-electron chi connectivity index (χ2n) is 7.23. The molecule has 0 aromatic heterocycles. The first-order valence-electron chi connectivity index (χ1n) is 9.89. The first kappa shape index (κ1) is 23.8. The highest BCUT2D eigenvalue weighted by atomic mass is 35.5. The van der Waals surface area contributed by atoms with Gasteiger partial charge in [-0.15, -0.1) is 0 Å². The fraction of sp³-hybridized carbons (Fsp3) is 0.381. The highest BCUT2D eigenvalue weighted by Crippen LogP contribution is 2.31. The van der Waals surface area contributed by atoms with Crippen molar-refractivity contribution in [2.75, 3.05) is 19.7 Å². The summed E-state index contributed by atoms with van der Waals surface area (Å²) in [6.45, 7) is 1.27. The van der Waals surface area contributed by atoms with Crippen molar-refractivity contribution in [3.63, 3.8) is 0 Å². The van der Waals surface area contributed by atoms with Crippen LogP contribution in [0.2, 0.25) is 10.0 Å². The van der Waals surface area contributed by atoms with Gasteiger partial charge in [-0.2, -0.15) is 0 Å². The van der Waals surface area contributed by atoms with E-state index in [2.05, 4.69) is 4.72 Å². The molecule has 2 aromatic rings. The van der Waals surface area contributed by atoms with Gasteiger partial charge in [0.25, 0.3) is 0 Å². The summed E-state index contributed by atoms with van der Waals surface area (Å²) in [4.78, 5) is 14.2. The molecule has 0 radical (unpaired) electrons. The van der Waals surface area contributed by atoms with E-state index in [0.29, 0.717) is 61.2 Å². The van der Waals surface area contributed by atoms with E-state index in [4.69, 9.17) is 27.9 Å². The highest BCUT2D eigenvalue weighted by Gasteiger charge is 2.26. The number of carbonyl (C=O) groups is 1. The Hall–Kier alpha value is -1.87. The van der Waals surface area contributed by atoms with Crippen molar-refractivity contribution in [1.82, 2.24) is 9.62 Å².